The normalized spacial score (nSPS) is 11.1. The summed E-state index contributed by atoms with van der Waals surface area (Å²) in [7, 11) is 0. The molecule has 1 N–H and O–H groups in total. The third-order valence-corrected chi connectivity index (χ3v) is 5.39. The van der Waals surface area contributed by atoms with Crippen molar-refractivity contribution < 1.29 is 0 Å². The second-order valence-corrected chi connectivity index (χ2v) is 7.63. The molecule has 3 aromatic heterocycles. The van der Waals surface area contributed by atoms with Crippen LogP contribution in [0.15, 0.2) is 66.0 Å². The van der Waals surface area contributed by atoms with Gasteiger partial charge in [0.25, 0.3) is 0 Å². The molecule has 0 aliphatic heterocycles. The van der Waals surface area contributed by atoms with Crippen molar-refractivity contribution in [3.8, 4) is 22.5 Å². The second kappa shape index (κ2) is 7.10. The fourth-order valence-electron chi connectivity index (χ4n) is 3.16. The summed E-state index contributed by atoms with van der Waals surface area (Å²) in [6.07, 6.45) is 0. The highest BCUT2D eigenvalue weighted by Crippen LogP contribution is 2.27. The Balaban J connectivity index is 1.48. The molecule has 3 heterocycles. The van der Waals surface area contributed by atoms with Gasteiger partial charge in [0, 0.05) is 22.6 Å². The van der Waals surface area contributed by atoms with Gasteiger partial charge in [0.05, 0.1) is 11.4 Å². The van der Waals surface area contributed by atoms with Gasteiger partial charge in [0.15, 0.2) is 0 Å². The van der Waals surface area contributed by atoms with Gasteiger partial charge in [0.1, 0.15) is 11.6 Å². The Kier molecular flexibility index (Phi) is 4.29. The van der Waals surface area contributed by atoms with Crippen LogP contribution in [0.1, 0.15) is 11.4 Å². The lowest BCUT2D eigenvalue weighted by Crippen LogP contribution is -2.00. The third kappa shape index (κ3) is 3.48. The Bertz CT molecular complexity index is 1290. The van der Waals surface area contributed by atoms with Crippen LogP contribution in [0, 0.1) is 13.8 Å². The number of thiazole rings is 1. The first-order valence-corrected chi connectivity index (χ1v) is 10.1. The summed E-state index contributed by atoms with van der Waals surface area (Å²) >= 11 is 1.56. The number of hydrogen-bond acceptors (Lipinski definition) is 6. The van der Waals surface area contributed by atoms with Crippen LogP contribution < -0.4 is 5.32 Å². The maximum atomic E-state index is 4.64. The minimum Gasteiger partial charge on any atom is -0.307 e. The highest BCUT2D eigenvalue weighted by Gasteiger charge is 2.13. The first-order valence-electron chi connectivity index (χ1n) is 9.25. The van der Waals surface area contributed by atoms with E-state index in [1.54, 1.807) is 11.3 Å². The average Bonchev–Trinajstić information content (AvgIpc) is 3.29. The molecule has 0 aliphatic rings. The topological polar surface area (TPSA) is 68.0 Å². The molecule has 0 bridgehead atoms. The van der Waals surface area contributed by atoms with Crippen LogP contribution in [0.3, 0.4) is 0 Å². The molecule has 0 saturated heterocycles. The van der Waals surface area contributed by atoms with Crippen LogP contribution in [0.5, 0.6) is 0 Å². The lowest BCUT2D eigenvalue weighted by molar-refractivity contribution is 0.983. The Morgan fingerprint density at radius 1 is 0.862 bits per heavy atom. The molecule has 7 heteroatoms. The predicted molar refractivity (Wildman–Crippen MR) is 117 cm³/mol. The zero-order chi connectivity index (χ0) is 19.8. The monoisotopic (exact) mass is 398 g/mol. The number of nitrogens with zero attached hydrogens (tertiary/aromatic N) is 5. The van der Waals surface area contributed by atoms with Crippen molar-refractivity contribution in [2.75, 3.05) is 5.32 Å². The van der Waals surface area contributed by atoms with E-state index in [1.807, 2.05) is 47.8 Å². The molecule has 0 radical (unpaired) electrons. The van der Waals surface area contributed by atoms with Gasteiger partial charge in [-0.1, -0.05) is 60.2 Å². The number of hydrogen-bond donors (Lipinski definition) is 1. The van der Waals surface area contributed by atoms with Crippen molar-refractivity contribution in [1.82, 2.24) is 24.6 Å². The molecular formula is C22H18N6S. The van der Waals surface area contributed by atoms with Crippen molar-refractivity contribution in [2.45, 2.75) is 13.8 Å². The number of nitrogens with one attached hydrogen (secondary N) is 1. The highest BCUT2D eigenvalue weighted by molar-refractivity contribution is 7.15. The second-order valence-electron chi connectivity index (χ2n) is 6.79. The molecule has 5 aromatic rings. The molecule has 2 aromatic carbocycles. The lowest BCUT2D eigenvalue weighted by atomic mass is 10.1. The minimum absolute atomic E-state index is 0.516. The molecular weight excluding hydrogens is 380 g/mol. The van der Waals surface area contributed by atoms with E-state index in [-0.39, 0.29) is 0 Å². The van der Waals surface area contributed by atoms with Crippen LogP contribution in [0.25, 0.3) is 27.5 Å². The molecule has 0 spiro atoms. The molecule has 0 fully saturated rings. The Morgan fingerprint density at radius 2 is 1.66 bits per heavy atom. The predicted octanol–water partition coefficient (Wildman–Crippen LogP) is 5.28. The first-order chi connectivity index (χ1) is 14.2. The van der Waals surface area contributed by atoms with Gasteiger partial charge in [-0.3, -0.25) is 0 Å². The van der Waals surface area contributed by atoms with Crippen molar-refractivity contribution in [1.29, 1.82) is 0 Å². The average molecular weight is 398 g/mol. The maximum absolute atomic E-state index is 4.64. The van der Waals surface area contributed by atoms with Gasteiger partial charge in [0.2, 0.25) is 10.9 Å². The van der Waals surface area contributed by atoms with Crippen LogP contribution in [-0.4, -0.2) is 24.6 Å². The zero-order valence-electron chi connectivity index (χ0n) is 16.0. The summed E-state index contributed by atoms with van der Waals surface area (Å²) in [6, 6.07) is 20.4. The van der Waals surface area contributed by atoms with Crippen LogP contribution >= 0.6 is 11.3 Å². The number of aryl methyl sites for hydroxylation is 2. The van der Waals surface area contributed by atoms with E-state index in [9.17, 15) is 0 Å². The summed E-state index contributed by atoms with van der Waals surface area (Å²) in [6.45, 7) is 3.96. The van der Waals surface area contributed by atoms with Crippen molar-refractivity contribution in [2.24, 2.45) is 0 Å². The van der Waals surface area contributed by atoms with E-state index in [2.05, 4.69) is 61.9 Å². The van der Waals surface area contributed by atoms with Crippen LogP contribution in [-0.2, 0) is 0 Å². The fraction of sp³-hybridized carbons (Fsp3) is 0.0909. The summed E-state index contributed by atoms with van der Waals surface area (Å²) in [5.41, 5.74) is 5.27. The Labute approximate surface area is 171 Å². The molecule has 6 nitrogen and oxygen atoms in total. The molecule has 0 atom stereocenters. The molecule has 0 saturated carbocycles. The number of benzene rings is 2. The molecule has 0 unspecified atom stereocenters. The van der Waals surface area contributed by atoms with Gasteiger partial charge < -0.3 is 5.32 Å². The SMILES string of the molecule is Cc1ccc(-c2csc3nc(Nc4cc(-c5ccccc5)nc(C)n4)nn23)cc1. The summed E-state index contributed by atoms with van der Waals surface area (Å²) in [5, 5.41) is 9.95. The van der Waals surface area contributed by atoms with Gasteiger partial charge in [-0.05, 0) is 13.8 Å². The fourth-order valence-corrected chi connectivity index (χ4v) is 3.99. The van der Waals surface area contributed by atoms with E-state index in [4.69, 9.17) is 0 Å². The van der Waals surface area contributed by atoms with Gasteiger partial charge in [-0.2, -0.15) is 4.98 Å². The van der Waals surface area contributed by atoms with Gasteiger partial charge >= 0.3 is 0 Å². The van der Waals surface area contributed by atoms with E-state index in [1.165, 1.54) is 5.56 Å². The number of anilines is 2. The van der Waals surface area contributed by atoms with E-state index >= 15 is 0 Å². The van der Waals surface area contributed by atoms with Crippen molar-refractivity contribution in [3.63, 3.8) is 0 Å². The van der Waals surface area contributed by atoms with Crippen molar-refractivity contribution >= 4 is 28.1 Å². The third-order valence-electron chi connectivity index (χ3n) is 4.58. The molecule has 29 heavy (non-hydrogen) atoms. The zero-order valence-corrected chi connectivity index (χ0v) is 16.8. The maximum Gasteiger partial charge on any atom is 0.249 e. The van der Waals surface area contributed by atoms with Gasteiger partial charge in [-0.25, -0.2) is 14.5 Å². The number of aromatic nitrogens is 5. The number of rotatable bonds is 4. The minimum atomic E-state index is 0.516. The van der Waals surface area contributed by atoms with Crippen molar-refractivity contribution in [3.05, 3.63) is 77.4 Å². The highest BCUT2D eigenvalue weighted by atomic mass is 32.1. The quantitative estimate of drug-likeness (QED) is 0.446. The largest absolute Gasteiger partial charge is 0.307 e. The van der Waals surface area contributed by atoms with E-state index in [0.29, 0.717) is 17.6 Å². The van der Waals surface area contributed by atoms with E-state index < -0.39 is 0 Å². The molecule has 142 valence electrons. The lowest BCUT2D eigenvalue weighted by Gasteiger charge is -2.06. The molecule has 5 rings (SSSR count). The number of fused-ring (bicyclic) bond motifs is 1. The van der Waals surface area contributed by atoms with Crippen LogP contribution in [0.4, 0.5) is 11.8 Å². The smallest absolute Gasteiger partial charge is 0.249 e. The molecule has 0 amide bonds. The summed E-state index contributed by atoms with van der Waals surface area (Å²) in [5.74, 6) is 1.88. The summed E-state index contributed by atoms with van der Waals surface area (Å²) < 4.78 is 1.86. The van der Waals surface area contributed by atoms with Gasteiger partial charge in [-0.15, -0.1) is 16.4 Å². The Hall–Kier alpha value is -3.58. The van der Waals surface area contributed by atoms with Crippen LogP contribution in [0.2, 0.25) is 0 Å². The Morgan fingerprint density at radius 3 is 2.45 bits per heavy atom. The first kappa shape index (κ1) is 17.5. The van der Waals surface area contributed by atoms with E-state index in [0.717, 1.165) is 27.5 Å². The summed E-state index contributed by atoms with van der Waals surface area (Å²) in [4.78, 5) is 14.5. The molecule has 0 aliphatic carbocycles. The standard InChI is InChI=1S/C22H18N6S/c1-14-8-10-17(11-9-14)19-13-29-22-26-21(27-28(19)22)25-20-12-18(23-15(2)24-20)16-6-4-3-5-7-16/h3-13H,1-2H3,(H,23,24,25,27).